The molecule has 3 N–H and O–H groups in total. The van der Waals surface area contributed by atoms with Gasteiger partial charge in [-0.1, -0.05) is 61.4 Å². The van der Waals surface area contributed by atoms with Crippen molar-refractivity contribution >= 4 is 18.0 Å². The molecule has 2 aliphatic rings. The van der Waals surface area contributed by atoms with Gasteiger partial charge in [-0.05, 0) is 54.9 Å². The number of nitrogens with one attached hydrogen (secondary N) is 2. The third-order valence-electron chi connectivity index (χ3n) is 7.33. The molecule has 7 nitrogen and oxygen atoms in total. The molecule has 2 amide bonds. The van der Waals surface area contributed by atoms with Gasteiger partial charge in [-0.3, -0.25) is 9.59 Å². The highest BCUT2D eigenvalue weighted by Crippen LogP contribution is 2.44. The van der Waals surface area contributed by atoms with Gasteiger partial charge in [0, 0.05) is 24.9 Å². The van der Waals surface area contributed by atoms with Crippen molar-refractivity contribution in [1.29, 1.82) is 0 Å². The smallest absolute Gasteiger partial charge is 0.407 e. The number of ether oxygens (including phenoxy) is 1. The van der Waals surface area contributed by atoms with Crippen LogP contribution < -0.4 is 10.6 Å². The molecule has 0 heterocycles. The number of amides is 2. The molecule has 4 rings (SSSR count). The SMILES string of the molecule is CC(C)(CNC(=O)CC(NC(=O)OCC1c2ccccc2-c2ccccc21)C1CCCC1)C(=O)O. The quantitative estimate of drug-likeness (QED) is 0.485. The second kappa shape index (κ2) is 10.5. The van der Waals surface area contributed by atoms with E-state index in [2.05, 4.69) is 34.9 Å². The number of carboxylic acids is 1. The molecule has 1 unspecified atom stereocenters. The number of fused-ring (bicyclic) bond motifs is 3. The molecule has 0 saturated heterocycles. The van der Waals surface area contributed by atoms with E-state index in [1.54, 1.807) is 13.8 Å². The van der Waals surface area contributed by atoms with Crippen LogP contribution in [0.4, 0.5) is 4.79 Å². The summed E-state index contributed by atoms with van der Waals surface area (Å²) < 4.78 is 5.70. The van der Waals surface area contributed by atoms with E-state index < -0.39 is 17.5 Å². The molecule has 1 saturated carbocycles. The van der Waals surface area contributed by atoms with Gasteiger partial charge in [0.25, 0.3) is 0 Å². The summed E-state index contributed by atoms with van der Waals surface area (Å²) in [6.45, 7) is 3.39. The lowest BCUT2D eigenvalue weighted by molar-refractivity contribution is -0.146. The van der Waals surface area contributed by atoms with Crippen molar-refractivity contribution in [2.45, 2.75) is 57.9 Å². The topological polar surface area (TPSA) is 105 Å². The van der Waals surface area contributed by atoms with E-state index in [1.807, 2.05) is 24.3 Å². The van der Waals surface area contributed by atoms with Crippen molar-refractivity contribution in [1.82, 2.24) is 10.6 Å². The number of aliphatic carboxylic acids is 1. The number of carbonyl (C=O) groups is 3. The molecule has 1 fully saturated rings. The fraction of sp³-hybridized carbons (Fsp3) is 0.464. The predicted octanol–water partition coefficient (Wildman–Crippen LogP) is 4.70. The van der Waals surface area contributed by atoms with Crippen LogP contribution in [0.1, 0.15) is 63.0 Å². The Labute approximate surface area is 206 Å². The first kappa shape index (κ1) is 24.8. The molecule has 0 aromatic heterocycles. The standard InChI is InChI=1S/C28H34N2O5/c1-28(2,26(32)33)17-29-25(31)15-24(18-9-3-4-10-18)30-27(34)35-16-23-21-13-7-5-11-19(21)20-12-6-8-14-22(20)23/h5-8,11-14,18,23-24H,3-4,9-10,15-17H2,1-2H3,(H,29,31)(H,30,34)(H,32,33). The van der Waals surface area contributed by atoms with Gasteiger partial charge in [0.1, 0.15) is 6.61 Å². The zero-order chi connectivity index (χ0) is 25.0. The van der Waals surface area contributed by atoms with Crippen LogP contribution in [0.5, 0.6) is 0 Å². The van der Waals surface area contributed by atoms with Crippen molar-refractivity contribution in [2.24, 2.45) is 11.3 Å². The summed E-state index contributed by atoms with van der Waals surface area (Å²) in [5.74, 6) is -1.06. The fourth-order valence-electron chi connectivity index (χ4n) is 5.15. The average molecular weight is 479 g/mol. The van der Waals surface area contributed by atoms with Crippen LogP contribution in [-0.2, 0) is 14.3 Å². The van der Waals surface area contributed by atoms with E-state index >= 15 is 0 Å². The van der Waals surface area contributed by atoms with Crippen molar-refractivity contribution < 1.29 is 24.2 Å². The van der Waals surface area contributed by atoms with Crippen LogP contribution in [0.25, 0.3) is 11.1 Å². The van der Waals surface area contributed by atoms with Gasteiger partial charge in [-0.25, -0.2) is 4.79 Å². The summed E-state index contributed by atoms with van der Waals surface area (Å²) in [4.78, 5) is 36.8. The zero-order valence-electron chi connectivity index (χ0n) is 20.4. The summed E-state index contributed by atoms with van der Waals surface area (Å²) >= 11 is 0. The highest BCUT2D eigenvalue weighted by Gasteiger charge is 2.32. The summed E-state index contributed by atoms with van der Waals surface area (Å²) in [5, 5.41) is 14.9. The molecule has 7 heteroatoms. The predicted molar refractivity (Wildman–Crippen MR) is 133 cm³/mol. The molecular weight excluding hydrogens is 444 g/mol. The minimum absolute atomic E-state index is 0.0281. The molecule has 186 valence electrons. The number of benzene rings is 2. The number of carboxylic acid groups (broad SMARTS) is 1. The van der Waals surface area contributed by atoms with Crippen molar-refractivity contribution in [2.75, 3.05) is 13.2 Å². The maximum absolute atomic E-state index is 12.8. The zero-order valence-corrected chi connectivity index (χ0v) is 20.4. The number of rotatable bonds is 9. The summed E-state index contributed by atoms with van der Waals surface area (Å²) in [5.41, 5.74) is 3.57. The minimum Gasteiger partial charge on any atom is -0.481 e. The molecule has 0 bridgehead atoms. The van der Waals surface area contributed by atoms with Crippen LogP contribution in [0.15, 0.2) is 48.5 Å². The Kier molecular flexibility index (Phi) is 7.43. The Morgan fingerprint density at radius 2 is 1.57 bits per heavy atom. The molecule has 2 aliphatic carbocycles. The van der Waals surface area contributed by atoms with Crippen molar-refractivity contribution in [3.05, 3.63) is 59.7 Å². The summed E-state index contributed by atoms with van der Waals surface area (Å²) in [7, 11) is 0. The Balaban J connectivity index is 1.37. The highest BCUT2D eigenvalue weighted by atomic mass is 16.5. The molecule has 2 aromatic carbocycles. The number of carbonyl (C=O) groups excluding carboxylic acids is 2. The molecule has 35 heavy (non-hydrogen) atoms. The van der Waals surface area contributed by atoms with E-state index in [0.29, 0.717) is 0 Å². The third kappa shape index (κ3) is 5.66. The van der Waals surface area contributed by atoms with Crippen LogP contribution in [0.2, 0.25) is 0 Å². The first-order valence-electron chi connectivity index (χ1n) is 12.4. The van der Waals surface area contributed by atoms with Gasteiger partial charge >= 0.3 is 12.1 Å². The average Bonchev–Trinajstić information content (AvgIpc) is 3.48. The van der Waals surface area contributed by atoms with E-state index in [0.717, 1.165) is 36.8 Å². The highest BCUT2D eigenvalue weighted by molar-refractivity contribution is 5.80. The molecule has 0 aliphatic heterocycles. The molecule has 1 atom stereocenters. The lowest BCUT2D eigenvalue weighted by Gasteiger charge is -2.25. The van der Waals surface area contributed by atoms with E-state index in [4.69, 9.17) is 4.74 Å². The molecule has 0 spiro atoms. The van der Waals surface area contributed by atoms with Gasteiger partial charge < -0.3 is 20.5 Å². The van der Waals surface area contributed by atoms with Gasteiger partial charge in [-0.2, -0.15) is 0 Å². The number of alkyl carbamates (subject to hydrolysis) is 1. The largest absolute Gasteiger partial charge is 0.481 e. The Bertz CT molecular complexity index is 1040. The van der Waals surface area contributed by atoms with Crippen molar-refractivity contribution in [3.63, 3.8) is 0 Å². The van der Waals surface area contributed by atoms with Gasteiger partial charge in [0.05, 0.1) is 5.41 Å². The second-order valence-electron chi connectivity index (χ2n) is 10.3. The Morgan fingerprint density at radius 3 is 2.14 bits per heavy atom. The lowest BCUT2D eigenvalue weighted by atomic mass is 9.93. The normalized spacial score (nSPS) is 16.3. The van der Waals surface area contributed by atoms with Gasteiger partial charge in [-0.15, -0.1) is 0 Å². The van der Waals surface area contributed by atoms with Gasteiger partial charge in [0.2, 0.25) is 5.91 Å². The first-order chi connectivity index (χ1) is 16.8. The van der Waals surface area contributed by atoms with Crippen LogP contribution in [0.3, 0.4) is 0 Å². The minimum atomic E-state index is -1.06. The number of hydrogen-bond donors (Lipinski definition) is 3. The molecule has 0 radical (unpaired) electrons. The van der Waals surface area contributed by atoms with Crippen molar-refractivity contribution in [3.8, 4) is 11.1 Å². The summed E-state index contributed by atoms with van der Waals surface area (Å²) in [6.07, 6.45) is 3.61. The van der Waals surface area contributed by atoms with Crippen LogP contribution in [0, 0.1) is 11.3 Å². The van der Waals surface area contributed by atoms with E-state index in [-0.39, 0.29) is 43.4 Å². The second-order valence-corrected chi connectivity index (χ2v) is 10.3. The third-order valence-corrected chi connectivity index (χ3v) is 7.33. The molecule has 2 aromatic rings. The maximum Gasteiger partial charge on any atom is 0.407 e. The fourth-order valence-corrected chi connectivity index (χ4v) is 5.15. The summed E-state index contributed by atoms with van der Waals surface area (Å²) in [6, 6.07) is 16.0. The first-order valence-corrected chi connectivity index (χ1v) is 12.4. The van der Waals surface area contributed by atoms with E-state index in [1.165, 1.54) is 11.1 Å². The Hall–Kier alpha value is -3.35. The maximum atomic E-state index is 12.8. The van der Waals surface area contributed by atoms with Gasteiger partial charge in [0.15, 0.2) is 0 Å². The van der Waals surface area contributed by atoms with E-state index in [9.17, 15) is 19.5 Å². The molecular formula is C28H34N2O5. The van der Waals surface area contributed by atoms with Crippen LogP contribution in [-0.4, -0.2) is 42.3 Å². The monoisotopic (exact) mass is 478 g/mol. The Morgan fingerprint density at radius 1 is 1.00 bits per heavy atom. The lowest BCUT2D eigenvalue weighted by Crippen LogP contribution is -2.45. The van der Waals surface area contributed by atoms with Crippen LogP contribution >= 0.6 is 0 Å². The number of hydrogen-bond acceptors (Lipinski definition) is 4.